The third-order valence-electron chi connectivity index (χ3n) is 3.60. The van der Waals surface area contributed by atoms with Crippen molar-refractivity contribution in [2.75, 3.05) is 6.54 Å². The molecule has 1 aliphatic rings. The van der Waals surface area contributed by atoms with E-state index < -0.39 is 0 Å². The molecule has 3 rings (SSSR count). The van der Waals surface area contributed by atoms with E-state index in [0.717, 1.165) is 36.6 Å². The Bertz CT molecular complexity index is 651. The number of aromatic nitrogens is 2. The number of H-pyrrole nitrogens is 1. The summed E-state index contributed by atoms with van der Waals surface area (Å²) in [4.78, 5) is 20.8. The first-order valence-electron chi connectivity index (χ1n) is 6.83. The lowest BCUT2D eigenvalue weighted by atomic mass is 10.1. The van der Waals surface area contributed by atoms with Crippen LogP contribution in [0.2, 0.25) is 0 Å². The lowest BCUT2D eigenvalue weighted by Gasteiger charge is -2.14. The van der Waals surface area contributed by atoms with Gasteiger partial charge in [0.25, 0.3) is 0 Å². The summed E-state index contributed by atoms with van der Waals surface area (Å²) in [7, 11) is 0. The maximum atomic E-state index is 11.6. The van der Waals surface area contributed by atoms with E-state index in [1.54, 1.807) is 0 Å². The van der Waals surface area contributed by atoms with Crippen LogP contribution >= 0.6 is 0 Å². The first-order chi connectivity index (χ1) is 9.76. The van der Waals surface area contributed by atoms with Crippen molar-refractivity contribution >= 4 is 0 Å². The summed E-state index contributed by atoms with van der Waals surface area (Å²) in [6.07, 6.45) is 0.658. The molecule has 5 nitrogen and oxygen atoms in total. The Morgan fingerprint density at radius 1 is 1.25 bits per heavy atom. The Labute approximate surface area is 117 Å². The lowest BCUT2D eigenvalue weighted by molar-refractivity contribution is 0.273. The maximum Gasteiger partial charge on any atom is 0.345 e. The predicted octanol–water partition coefficient (Wildman–Crippen LogP) is 0.787. The molecule has 0 saturated carbocycles. The molecule has 0 amide bonds. The van der Waals surface area contributed by atoms with Gasteiger partial charge in [-0.05, 0) is 12.1 Å². The van der Waals surface area contributed by atoms with Gasteiger partial charge >= 0.3 is 5.69 Å². The molecule has 0 aliphatic carbocycles. The molecule has 0 bridgehead atoms. The minimum atomic E-state index is -0.270. The fraction of sp³-hybridized carbons (Fsp3) is 0.333. The largest absolute Gasteiger partial charge is 0.345 e. The number of nitrogens with zero attached hydrogens (tertiary/aromatic N) is 2. The number of nitrogens with two attached hydrogens (primary N) is 1. The van der Waals surface area contributed by atoms with E-state index >= 15 is 0 Å². The Hall–Kier alpha value is -1.98. The molecule has 1 aromatic heterocycles. The third-order valence-corrected chi connectivity index (χ3v) is 3.60. The summed E-state index contributed by atoms with van der Waals surface area (Å²) in [6, 6.07) is 10.3. The van der Waals surface area contributed by atoms with Crippen LogP contribution in [0.5, 0.6) is 0 Å². The maximum absolute atomic E-state index is 11.6. The van der Waals surface area contributed by atoms with Crippen LogP contribution in [0.4, 0.5) is 0 Å². The second-order valence-electron chi connectivity index (χ2n) is 5.12. The van der Waals surface area contributed by atoms with Crippen molar-refractivity contribution in [3.8, 4) is 0 Å². The zero-order valence-electron chi connectivity index (χ0n) is 11.3. The Balaban J connectivity index is 1.81. The topological polar surface area (TPSA) is 75.0 Å². The molecule has 5 heteroatoms. The molecule has 2 aromatic rings. The van der Waals surface area contributed by atoms with Crippen LogP contribution < -0.4 is 11.4 Å². The molecular weight excluding hydrogens is 252 g/mol. The highest BCUT2D eigenvalue weighted by Crippen LogP contribution is 2.23. The van der Waals surface area contributed by atoms with Crippen LogP contribution in [-0.2, 0) is 26.1 Å². The molecule has 0 unspecified atom stereocenters. The number of benzene rings is 1. The van der Waals surface area contributed by atoms with Gasteiger partial charge in [-0.3, -0.25) is 4.90 Å². The van der Waals surface area contributed by atoms with Gasteiger partial charge in [0.2, 0.25) is 0 Å². The van der Waals surface area contributed by atoms with Crippen LogP contribution in [0.25, 0.3) is 0 Å². The van der Waals surface area contributed by atoms with Gasteiger partial charge in [0.15, 0.2) is 0 Å². The highest BCUT2D eigenvalue weighted by Gasteiger charge is 2.23. The normalized spacial score (nSPS) is 14.4. The molecule has 0 spiro atoms. The monoisotopic (exact) mass is 270 g/mol. The zero-order valence-corrected chi connectivity index (χ0v) is 11.3. The van der Waals surface area contributed by atoms with Crippen molar-refractivity contribution in [1.82, 2.24) is 14.9 Å². The molecule has 2 heterocycles. The third kappa shape index (κ3) is 2.64. The summed E-state index contributed by atoms with van der Waals surface area (Å²) in [5, 5.41) is 0. The molecule has 1 aliphatic heterocycles. The molecule has 20 heavy (non-hydrogen) atoms. The van der Waals surface area contributed by atoms with Crippen LogP contribution in [0.15, 0.2) is 35.1 Å². The van der Waals surface area contributed by atoms with Crippen LogP contribution in [0.1, 0.15) is 22.5 Å². The van der Waals surface area contributed by atoms with E-state index in [2.05, 4.69) is 27.0 Å². The van der Waals surface area contributed by atoms with Gasteiger partial charge in [-0.15, -0.1) is 0 Å². The Morgan fingerprint density at radius 3 is 2.80 bits per heavy atom. The SMILES string of the molecule is NCCc1nc(=O)[nH]c2c1CN(Cc1ccccc1)C2. The smallest absolute Gasteiger partial charge is 0.330 e. The summed E-state index contributed by atoms with van der Waals surface area (Å²) in [6.45, 7) is 2.98. The molecule has 0 radical (unpaired) electrons. The van der Waals surface area contributed by atoms with Crippen molar-refractivity contribution in [3.05, 3.63) is 63.3 Å². The van der Waals surface area contributed by atoms with Gasteiger partial charge in [-0.25, -0.2) is 4.79 Å². The summed E-state index contributed by atoms with van der Waals surface area (Å²) >= 11 is 0. The summed E-state index contributed by atoms with van der Waals surface area (Å²) < 4.78 is 0. The number of hydrogen-bond donors (Lipinski definition) is 2. The second kappa shape index (κ2) is 5.56. The molecule has 0 atom stereocenters. The number of aromatic amines is 1. The van der Waals surface area contributed by atoms with Gasteiger partial charge < -0.3 is 10.7 Å². The molecule has 0 fully saturated rings. The van der Waals surface area contributed by atoms with Crippen molar-refractivity contribution < 1.29 is 0 Å². The minimum absolute atomic E-state index is 0.270. The lowest BCUT2D eigenvalue weighted by Crippen LogP contribution is -2.18. The van der Waals surface area contributed by atoms with Crippen molar-refractivity contribution in [3.63, 3.8) is 0 Å². The van der Waals surface area contributed by atoms with Crippen molar-refractivity contribution in [1.29, 1.82) is 0 Å². The van der Waals surface area contributed by atoms with Crippen molar-refractivity contribution in [2.45, 2.75) is 26.1 Å². The van der Waals surface area contributed by atoms with E-state index in [0.29, 0.717) is 13.0 Å². The molecule has 0 saturated heterocycles. The van der Waals surface area contributed by atoms with Crippen LogP contribution in [0, 0.1) is 0 Å². The van der Waals surface area contributed by atoms with E-state index in [1.807, 2.05) is 18.2 Å². The molecule has 3 N–H and O–H groups in total. The van der Waals surface area contributed by atoms with Gasteiger partial charge in [0.1, 0.15) is 0 Å². The fourth-order valence-corrected chi connectivity index (χ4v) is 2.72. The summed E-state index contributed by atoms with van der Waals surface area (Å²) in [5.74, 6) is 0. The number of rotatable bonds is 4. The van der Waals surface area contributed by atoms with Crippen LogP contribution in [-0.4, -0.2) is 21.4 Å². The fourth-order valence-electron chi connectivity index (χ4n) is 2.72. The van der Waals surface area contributed by atoms with E-state index in [-0.39, 0.29) is 5.69 Å². The van der Waals surface area contributed by atoms with Gasteiger partial charge in [0.05, 0.1) is 5.69 Å². The Morgan fingerprint density at radius 2 is 2.05 bits per heavy atom. The molecule has 1 aromatic carbocycles. The quantitative estimate of drug-likeness (QED) is 0.861. The van der Waals surface area contributed by atoms with Crippen molar-refractivity contribution in [2.24, 2.45) is 5.73 Å². The average molecular weight is 270 g/mol. The number of hydrogen-bond acceptors (Lipinski definition) is 4. The number of nitrogens with one attached hydrogen (secondary N) is 1. The average Bonchev–Trinajstić information content (AvgIpc) is 2.82. The second-order valence-corrected chi connectivity index (χ2v) is 5.12. The van der Waals surface area contributed by atoms with Gasteiger partial charge in [-0.1, -0.05) is 30.3 Å². The van der Waals surface area contributed by atoms with E-state index in [1.165, 1.54) is 5.56 Å². The van der Waals surface area contributed by atoms with Gasteiger partial charge in [0, 0.05) is 37.3 Å². The highest BCUT2D eigenvalue weighted by molar-refractivity contribution is 5.29. The minimum Gasteiger partial charge on any atom is -0.330 e. The Kier molecular flexibility index (Phi) is 3.62. The number of fused-ring (bicyclic) bond motifs is 1. The van der Waals surface area contributed by atoms with E-state index in [4.69, 9.17) is 5.73 Å². The first kappa shape index (κ1) is 13.0. The standard InChI is InChI=1S/C15H18N4O/c16-7-6-13-12-9-19(8-11-4-2-1-3-5-11)10-14(12)18-15(20)17-13/h1-5H,6-10,16H2,(H,17,18,20). The first-order valence-corrected chi connectivity index (χ1v) is 6.83. The van der Waals surface area contributed by atoms with E-state index in [9.17, 15) is 4.79 Å². The predicted molar refractivity (Wildman–Crippen MR) is 77.0 cm³/mol. The highest BCUT2D eigenvalue weighted by atomic mass is 16.1. The van der Waals surface area contributed by atoms with Crippen LogP contribution in [0.3, 0.4) is 0 Å². The summed E-state index contributed by atoms with van der Waals surface area (Å²) in [5.41, 5.74) is 9.58. The molecular formula is C15H18N4O. The molecule has 104 valence electrons. The van der Waals surface area contributed by atoms with Gasteiger partial charge in [-0.2, -0.15) is 4.98 Å². The zero-order chi connectivity index (χ0) is 13.9.